The van der Waals surface area contributed by atoms with Crippen LogP contribution in [-0.4, -0.2) is 10.9 Å². The number of nitriles is 1. The molecule has 0 fully saturated rings. The van der Waals surface area contributed by atoms with E-state index in [1.165, 1.54) is 6.20 Å². The molecule has 0 bridgehead atoms. The third kappa shape index (κ3) is 4.17. The molecule has 0 saturated heterocycles. The number of nitrogens with zero attached hydrogens (tertiary/aromatic N) is 2. The number of pyridine rings is 1. The quantitative estimate of drug-likeness (QED) is 0.837. The molecule has 0 saturated carbocycles. The summed E-state index contributed by atoms with van der Waals surface area (Å²) >= 11 is 0. The number of nitrogens with one attached hydrogen (secondary N) is 1. The molecule has 0 aliphatic carbocycles. The summed E-state index contributed by atoms with van der Waals surface area (Å²) in [5.74, 6) is 0.569. The molecule has 4 heteroatoms. The van der Waals surface area contributed by atoms with Crippen molar-refractivity contribution < 1.29 is 4.79 Å². The summed E-state index contributed by atoms with van der Waals surface area (Å²) in [5.41, 5.74) is 0.492. The summed E-state index contributed by atoms with van der Waals surface area (Å²) in [6.45, 7) is 4.14. The van der Waals surface area contributed by atoms with Crippen molar-refractivity contribution in [3.8, 4) is 6.07 Å². The second-order valence-electron chi connectivity index (χ2n) is 4.28. The van der Waals surface area contributed by atoms with Gasteiger partial charge in [-0.25, -0.2) is 4.98 Å². The number of amides is 1. The van der Waals surface area contributed by atoms with Crippen LogP contribution in [0, 0.1) is 17.2 Å². The molecule has 1 N–H and O–H groups in total. The van der Waals surface area contributed by atoms with Gasteiger partial charge in [-0.1, -0.05) is 26.7 Å². The zero-order chi connectivity index (χ0) is 13.4. The topological polar surface area (TPSA) is 65.8 Å². The van der Waals surface area contributed by atoms with Crippen molar-refractivity contribution in [1.29, 1.82) is 5.26 Å². The second kappa shape index (κ2) is 7.44. The lowest BCUT2D eigenvalue weighted by Crippen LogP contribution is -2.22. The Balaban J connectivity index is 2.59. The number of carbonyl (C=O) groups is 1. The van der Waals surface area contributed by atoms with Crippen LogP contribution < -0.4 is 5.32 Å². The Hall–Kier alpha value is -1.89. The highest BCUT2D eigenvalue weighted by Gasteiger charge is 2.16. The van der Waals surface area contributed by atoms with Gasteiger partial charge in [0.2, 0.25) is 5.91 Å². The largest absolute Gasteiger partial charge is 0.310 e. The van der Waals surface area contributed by atoms with E-state index in [9.17, 15) is 4.79 Å². The van der Waals surface area contributed by atoms with Crippen molar-refractivity contribution >= 4 is 11.7 Å². The maximum atomic E-state index is 12.0. The van der Waals surface area contributed by atoms with E-state index in [1.54, 1.807) is 12.1 Å². The predicted molar refractivity (Wildman–Crippen MR) is 70.9 cm³/mol. The Morgan fingerprint density at radius 1 is 1.50 bits per heavy atom. The first-order chi connectivity index (χ1) is 8.71. The Labute approximate surface area is 108 Å². The van der Waals surface area contributed by atoms with E-state index >= 15 is 0 Å². The third-order valence-electron chi connectivity index (χ3n) is 2.91. The van der Waals surface area contributed by atoms with E-state index in [4.69, 9.17) is 5.26 Å². The van der Waals surface area contributed by atoms with E-state index in [1.807, 2.05) is 13.0 Å². The van der Waals surface area contributed by atoms with Crippen LogP contribution in [0.5, 0.6) is 0 Å². The molecular weight excluding hydrogens is 226 g/mol. The maximum Gasteiger partial charge on any atom is 0.228 e. The summed E-state index contributed by atoms with van der Waals surface area (Å²) in [6, 6.07) is 5.30. The van der Waals surface area contributed by atoms with Crippen LogP contribution in [-0.2, 0) is 4.79 Å². The van der Waals surface area contributed by atoms with Gasteiger partial charge in [0.15, 0.2) is 0 Å². The lowest BCUT2D eigenvalue weighted by atomic mass is 9.98. The predicted octanol–water partition coefficient (Wildman–Crippen LogP) is 3.11. The third-order valence-corrected chi connectivity index (χ3v) is 2.91. The van der Waals surface area contributed by atoms with E-state index in [-0.39, 0.29) is 11.8 Å². The first-order valence-electron chi connectivity index (χ1n) is 6.38. The Bertz CT molecular complexity index is 420. The molecule has 1 aromatic heterocycles. The fourth-order valence-corrected chi connectivity index (χ4v) is 1.73. The van der Waals surface area contributed by atoms with Crippen molar-refractivity contribution in [3.05, 3.63) is 23.9 Å². The van der Waals surface area contributed by atoms with Crippen molar-refractivity contribution in [2.24, 2.45) is 5.92 Å². The van der Waals surface area contributed by atoms with Crippen molar-refractivity contribution in [2.45, 2.75) is 39.5 Å². The smallest absolute Gasteiger partial charge is 0.228 e. The summed E-state index contributed by atoms with van der Waals surface area (Å²) in [4.78, 5) is 16.0. The first kappa shape index (κ1) is 14.2. The Kier molecular flexibility index (Phi) is 5.86. The number of carbonyl (C=O) groups excluding carboxylic acids is 1. The van der Waals surface area contributed by atoms with Crippen LogP contribution in [0.15, 0.2) is 18.3 Å². The highest BCUT2D eigenvalue weighted by Crippen LogP contribution is 2.15. The van der Waals surface area contributed by atoms with E-state index < -0.39 is 0 Å². The molecule has 18 heavy (non-hydrogen) atoms. The minimum absolute atomic E-state index is 0.0168. The van der Waals surface area contributed by atoms with Gasteiger partial charge in [0, 0.05) is 12.1 Å². The molecular formula is C14H19N3O. The van der Waals surface area contributed by atoms with E-state index in [2.05, 4.69) is 17.2 Å². The summed E-state index contributed by atoms with van der Waals surface area (Å²) < 4.78 is 0. The highest BCUT2D eigenvalue weighted by molar-refractivity contribution is 5.91. The van der Waals surface area contributed by atoms with Crippen molar-refractivity contribution in [2.75, 3.05) is 5.32 Å². The Morgan fingerprint density at radius 3 is 2.78 bits per heavy atom. The molecule has 1 aromatic rings. The molecule has 0 spiro atoms. The number of unbranched alkanes of at least 4 members (excludes halogenated alkanes) is 1. The monoisotopic (exact) mass is 245 g/mol. The molecule has 0 aromatic carbocycles. The lowest BCUT2D eigenvalue weighted by molar-refractivity contribution is -0.120. The highest BCUT2D eigenvalue weighted by atomic mass is 16.1. The molecule has 1 amide bonds. The van der Waals surface area contributed by atoms with Gasteiger partial charge in [-0.15, -0.1) is 0 Å². The maximum absolute atomic E-state index is 12.0. The molecule has 0 aliphatic heterocycles. The summed E-state index contributed by atoms with van der Waals surface area (Å²) in [7, 11) is 0. The number of hydrogen-bond acceptors (Lipinski definition) is 3. The van der Waals surface area contributed by atoms with Crippen LogP contribution >= 0.6 is 0 Å². The molecule has 0 radical (unpaired) electrons. The minimum atomic E-state index is 0.0168. The fourth-order valence-electron chi connectivity index (χ4n) is 1.73. The average Bonchev–Trinajstić information content (AvgIpc) is 2.40. The molecule has 96 valence electrons. The standard InChI is InChI=1S/C14H19N3O/c1-3-5-6-12(4-2)14(18)17-13-8-7-11(9-15)10-16-13/h7-8,10,12H,3-6H2,1-2H3,(H,16,17,18). The van der Waals surface area contributed by atoms with Crippen LogP contribution in [0.3, 0.4) is 0 Å². The first-order valence-corrected chi connectivity index (χ1v) is 6.38. The molecule has 0 aliphatic rings. The molecule has 1 atom stereocenters. The molecule has 1 rings (SSSR count). The molecule has 1 unspecified atom stereocenters. The second-order valence-corrected chi connectivity index (χ2v) is 4.28. The fraction of sp³-hybridized carbons (Fsp3) is 0.500. The van der Waals surface area contributed by atoms with Crippen LogP contribution in [0.25, 0.3) is 0 Å². The lowest BCUT2D eigenvalue weighted by Gasteiger charge is -2.13. The van der Waals surface area contributed by atoms with E-state index in [0.717, 1.165) is 25.7 Å². The zero-order valence-electron chi connectivity index (χ0n) is 10.9. The van der Waals surface area contributed by atoms with E-state index in [0.29, 0.717) is 11.4 Å². The number of rotatable bonds is 6. The van der Waals surface area contributed by atoms with Gasteiger partial charge in [-0.2, -0.15) is 5.26 Å². The number of hydrogen-bond donors (Lipinski definition) is 1. The number of anilines is 1. The minimum Gasteiger partial charge on any atom is -0.310 e. The van der Waals surface area contributed by atoms with Gasteiger partial charge in [-0.3, -0.25) is 4.79 Å². The number of aromatic nitrogens is 1. The van der Waals surface area contributed by atoms with Crippen molar-refractivity contribution in [3.63, 3.8) is 0 Å². The van der Waals surface area contributed by atoms with Gasteiger partial charge < -0.3 is 5.32 Å². The Morgan fingerprint density at radius 2 is 2.28 bits per heavy atom. The van der Waals surface area contributed by atoms with Crippen molar-refractivity contribution in [1.82, 2.24) is 4.98 Å². The van der Waals surface area contributed by atoms with Gasteiger partial charge >= 0.3 is 0 Å². The van der Waals surface area contributed by atoms with Crippen LogP contribution in [0.4, 0.5) is 5.82 Å². The summed E-state index contributed by atoms with van der Waals surface area (Å²) in [6.07, 6.45) is 5.37. The van der Waals surface area contributed by atoms with Gasteiger partial charge in [-0.05, 0) is 25.0 Å². The average molecular weight is 245 g/mol. The SMILES string of the molecule is CCCCC(CC)C(=O)Nc1ccc(C#N)cn1. The summed E-state index contributed by atoms with van der Waals surface area (Å²) in [5, 5.41) is 11.5. The van der Waals surface area contributed by atoms with Gasteiger partial charge in [0.05, 0.1) is 5.56 Å². The van der Waals surface area contributed by atoms with Gasteiger partial charge in [0.25, 0.3) is 0 Å². The molecule has 1 heterocycles. The van der Waals surface area contributed by atoms with Crippen LogP contribution in [0.2, 0.25) is 0 Å². The molecule has 4 nitrogen and oxygen atoms in total. The van der Waals surface area contributed by atoms with Crippen LogP contribution in [0.1, 0.15) is 45.1 Å². The normalized spacial score (nSPS) is 11.6. The van der Waals surface area contributed by atoms with Gasteiger partial charge in [0.1, 0.15) is 11.9 Å². The zero-order valence-corrected chi connectivity index (χ0v) is 10.9.